The fraction of sp³-hybridized carbons (Fsp3) is 0.500. The Bertz CT molecular complexity index is 642. The van der Waals surface area contributed by atoms with Crippen molar-refractivity contribution in [3.8, 4) is 11.5 Å². The van der Waals surface area contributed by atoms with Gasteiger partial charge < -0.3 is 23.7 Å². The molecule has 1 heterocycles. The minimum absolute atomic E-state index is 0.249. The zero-order valence-corrected chi connectivity index (χ0v) is 16.0. The van der Waals surface area contributed by atoms with Gasteiger partial charge in [-0.2, -0.15) is 0 Å². The minimum atomic E-state index is -0.594. The number of methoxy groups -OCH3 is 2. The van der Waals surface area contributed by atoms with Crippen LogP contribution in [0.25, 0.3) is 0 Å². The molecule has 0 aliphatic carbocycles. The van der Waals surface area contributed by atoms with E-state index in [4.69, 9.17) is 18.6 Å². The Balaban J connectivity index is 1.94. The second-order valence-electron chi connectivity index (χ2n) is 6.42. The summed E-state index contributed by atoms with van der Waals surface area (Å²) in [7, 11) is 3.26. The second-order valence-corrected chi connectivity index (χ2v) is 6.42. The van der Waals surface area contributed by atoms with Gasteiger partial charge in [-0.25, -0.2) is 0 Å². The van der Waals surface area contributed by atoms with Crippen molar-refractivity contribution >= 4 is 0 Å². The van der Waals surface area contributed by atoms with Crippen molar-refractivity contribution in [2.24, 2.45) is 0 Å². The topological polar surface area (TPSA) is 64.3 Å². The first-order chi connectivity index (χ1) is 12.5. The van der Waals surface area contributed by atoms with Gasteiger partial charge in [-0.3, -0.25) is 4.90 Å². The molecule has 0 bridgehead atoms. The fourth-order valence-corrected chi connectivity index (χ4v) is 2.77. The van der Waals surface area contributed by atoms with Crippen LogP contribution in [0.4, 0.5) is 0 Å². The predicted molar refractivity (Wildman–Crippen MR) is 99.5 cm³/mol. The molecule has 1 aromatic heterocycles. The number of aliphatic hydroxyl groups is 1. The van der Waals surface area contributed by atoms with E-state index in [9.17, 15) is 5.11 Å². The Kier molecular flexibility index (Phi) is 7.97. The monoisotopic (exact) mass is 363 g/mol. The number of nitrogens with zero attached hydrogens (tertiary/aromatic N) is 1. The highest BCUT2D eigenvalue weighted by Crippen LogP contribution is 2.31. The standard InChI is InChI=1S/C20H29NO5/c1-15(2)21(11-16-7-5-9-19(23-3)20(16)24-4)12-17(22)13-25-14-18-8-6-10-26-18/h5-10,15,17,22H,11-14H2,1-4H3/t17-/m0/s1. The molecular weight excluding hydrogens is 334 g/mol. The van der Waals surface area contributed by atoms with Gasteiger partial charge in [0.25, 0.3) is 0 Å². The molecule has 1 atom stereocenters. The third-order valence-corrected chi connectivity index (χ3v) is 4.17. The predicted octanol–water partition coefficient (Wildman–Crippen LogP) is 3.08. The second kappa shape index (κ2) is 10.2. The van der Waals surface area contributed by atoms with E-state index in [-0.39, 0.29) is 12.6 Å². The van der Waals surface area contributed by atoms with Crippen molar-refractivity contribution < 1.29 is 23.7 Å². The summed E-state index contributed by atoms with van der Waals surface area (Å²) < 4.78 is 21.6. The van der Waals surface area contributed by atoms with Gasteiger partial charge in [0.15, 0.2) is 11.5 Å². The zero-order valence-electron chi connectivity index (χ0n) is 16.0. The van der Waals surface area contributed by atoms with E-state index in [1.54, 1.807) is 20.5 Å². The largest absolute Gasteiger partial charge is 0.493 e. The molecule has 0 spiro atoms. The first kappa shape index (κ1) is 20.3. The van der Waals surface area contributed by atoms with E-state index >= 15 is 0 Å². The SMILES string of the molecule is COc1cccc(CN(C[C@H](O)COCc2ccco2)C(C)C)c1OC. The van der Waals surface area contributed by atoms with Crippen molar-refractivity contribution in [3.63, 3.8) is 0 Å². The zero-order chi connectivity index (χ0) is 18.9. The quantitative estimate of drug-likeness (QED) is 0.662. The van der Waals surface area contributed by atoms with Crippen molar-refractivity contribution in [2.75, 3.05) is 27.4 Å². The summed E-state index contributed by atoms with van der Waals surface area (Å²) in [6, 6.07) is 9.75. The molecule has 6 nitrogen and oxygen atoms in total. The van der Waals surface area contributed by atoms with Crippen molar-refractivity contribution in [1.29, 1.82) is 0 Å². The first-order valence-electron chi connectivity index (χ1n) is 8.77. The van der Waals surface area contributed by atoms with Crippen LogP contribution in [-0.2, 0) is 17.9 Å². The van der Waals surface area contributed by atoms with E-state index in [1.165, 1.54) is 0 Å². The highest BCUT2D eigenvalue weighted by atomic mass is 16.5. The number of hydrogen-bond donors (Lipinski definition) is 1. The summed E-state index contributed by atoms with van der Waals surface area (Å²) in [6.07, 6.45) is 1.01. The summed E-state index contributed by atoms with van der Waals surface area (Å²) in [4.78, 5) is 2.18. The van der Waals surface area contributed by atoms with Crippen LogP contribution in [0, 0.1) is 0 Å². The van der Waals surface area contributed by atoms with Crippen LogP contribution in [-0.4, -0.2) is 49.5 Å². The number of para-hydroxylation sites is 1. The molecule has 0 amide bonds. The Morgan fingerprint density at radius 2 is 1.92 bits per heavy atom. The van der Waals surface area contributed by atoms with Crippen molar-refractivity contribution in [3.05, 3.63) is 47.9 Å². The molecule has 0 saturated carbocycles. The summed E-state index contributed by atoms with van der Waals surface area (Å²) in [5, 5.41) is 10.3. The number of hydrogen-bond acceptors (Lipinski definition) is 6. The van der Waals surface area contributed by atoms with E-state index in [1.807, 2.05) is 30.3 Å². The minimum Gasteiger partial charge on any atom is -0.493 e. The van der Waals surface area contributed by atoms with Crippen molar-refractivity contribution in [2.45, 2.75) is 39.1 Å². The van der Waals surface area contributed by atoms with Crippen LogP contribution < -0.4 is 9.47 Å². The fourth-order valence-electron chi connectivity index (χ4n) is 2.77. The van der Waals surface area contributed by atoms with E-state index < -0.39 is 6.10 Å². The molecule has 0 unspecified atom stereocenters. The number of aliphatic hydroxyl groups excluding tert-OH is 1. The molecule has 0 aliphatic heterocycles. The molecule has 144 valence electrons. The Hall–Kier alpha value is -2.02. The number of furan rings is 1. The van der Waals surface area contributed by atoms with Gasteiger partial charge in [0.2, 0.25) is 0 Å². The summed E-state index contributed by atoms with van der Waals surface area (Å²) in [6.45, 7) is 5.95. The van der Waals surface area contributed by atoms with Crippen LogP contribution >= 0.6 is 0 Å². The first-order valence-corrected chi connectivity index (χ1v) is 8.77. The molecule has 0 fully saturated rings. The molecular formula is C20H29NO5. The van der Waals surface area contributed by atoms with Crippen LogP contribution in [0.15, 0.2) is 41.0 Å². The smallest absolute Gasteiger partial charge is 0.165 e. The lowest BCUT2D eigenvalue weighted by Crippen LogP contribution is -2.38. The molecule has 0 saturated heterocycles. The molecule has 26 heavy (non-hydrogen) atoms. The molecule has 0 radical (unpaired) electrons. The van der Waals surface area contributed by atoms with Crippen LogP contribution in [0.1, 0.15) is 25.2 Å². The van der Waals surface area contributed by atoms with E-state index in [2.05, 4.69) is 18.7 Å². The van der Waals surface area contributed by atoms with Gasteiger partial charge in [0.1, 0.15) is 12.4 Å². The van der Waals surface area contributed by atoms with Gasteiger partial charge in [0, 0.05) is 24.7 Å². The normalized spacial score (nSPS) is 12.6. The summed E-state index contributed by atoms with van der Waals surface area (Å²) in [5.74, 6) is 2.18. The Morgan fingerprint density at radius 3 is 2.54 bits per heavy atom. The third kappa shape index (κ3) is 5.76. The highest BCUT2D eigenvalue weighted by molar-refractivity contribution is 5.46. The number of rotatable bonds is 11. The molecule has 1 aromatic carbocycles. The van der Waals surface area contributed by atoms with Gasteiger partial charge in [-0.1, -0.05) is 12.1 Å². The highest BCUT2D eigenvalue weighted by Gasteiger charge is 2.19. The number of ether oxygens (including phenoxy) is 3. The molecule has 2 rings (SSSR count). The maximum atomic E-state index is 10.3. The van der Waals surface area contributed by atoms with E-state index in [0.29, 0.717) is 25.4 Å². The Labute approximate surface area is 155 Å². The lowest BCUT2D eigenvalue weighted by atomic mass is 10.1. The average molecular weight is 363 g/mol. The van der Waals surface area contributed by atoms with Gasteiger partial charge in [-0.15, -0.1) is 0 Å². The molecule has 2 aromatic rings. The summed E-state index contributed by atoms with van der Waals surface area (Å²) >= 11 is 0. The van der Waals surface area contributed by atoms with E-state index in [0.717, 1.165) is 17.1 Å². The maximum absolute atomic E-state index is 10.3. The van der Waals surface area contributed by atoms with Crippen LogP contribution in [0.2, 0.25) is 0 Å². The lowest BCUT2D eigenvalue weighted by molar-refractivity contribution is -0.00127. The van der Waals surface area contributed by atoms with Crippen LogP contribution in [0.3, 0.4) is 0 Å². The van der Waals surface area contributed by atoms with Gasteiger partial charge in [-0.05, 0) is 32.0 Å². The maximum Gasteiger partial charge on any atom is 0.165 e. The number of benzene rings is 1. The summed E-state index contributed by atoms with van der Waals surface area (Å²) in [5.41, 5.74) is 1.02. The molecule has 0 aliphatic rings. The molecule has 6 heteroatoms. The van der Waals surface area contributed by atoms with Crippen molar-refractivity contribution in [1.82, 2.24) is 4.90 Å². The van der Waals surface area contributed by atoms with Gasteiger partial charge >= 0.3 is 0 Å². The lowest BCUT2D eigenvalue weighted by Gasteiger charge is -2.29. The average Bonchev–Trinajstić information content (AvgIpc) is 3.14. The van der Waals surface area contributed by atoms with Gasteiger partial charge in [0.05, 0.1) is 33.2 Å². The molecule has 1 N–H and O–H groups in total. The third-order valence-electron chi connectivity index (χ3n) is 4.17. The Morgan fingerprint density at radius 1 is 1.12 bits per heavy atom. The van der Waals surface area contributed by atoms with Crippen LogP contribution in [0.5, 0.6) is 11.5 Å².